The van der Waals surface area contributed by atoms with Gasteiger partial charge in [0.05, 0.1) is 17.7 Å². The van der Waals surface area contributed by atoms with Crippen molar-refractivity contribution in [2.24, 2.45) is 0 Å². The first kappa shape index (κ1) is 16.5. The molecule has 1 aromatic carbocycles. The highest BCUT2D eigenvalue weighted by molar-refractivity contribution is 6.33. The third-order valence-corrected chi connectivity index (χ3v) is 3.13. The lowest BCUT2D eigenvalue weighted by Crippen LogP contribution is -2.25. The Balaban J connectivity index is 2.87. The first-order valence-corrected chi connectivity index (χ1v) is 5.92. The van der Waals surface area contributed by atoms with Gasteiger partial charge < -0.3 is 9.72 Å². The fraction of sp³-hybridized carbons (Fsp3) is 0.250. The molecule has 0 spiro atoms. The summed E-state index contributed by atoms with van der Waals surface area (Å²) >= 11 is 5.72. The first-order chi connectivity index (χ1) is 9.96. The minimum atomic E-state index is -5.46. The van der Waals surface area contributed by atoms with Gasteiger partial charge in [-0.25, -0.2) is 0 Å². The number of fused-ring (bicyclic) bond motifs is 1. The van der Waals surface area contributed by atoms with Crippen LogP contribution in [0.2, 0.25) is 5.02 Å². The number of methoxy groups -OCH3 is 1. The molecule has 1 aromatic heterocycles. The first-order valence-electron chi connectivity index (χ1n) is 5.54. The molecular formula is C12H6ClF6NO2. The number of Topliss-reactive ketones (excluding diaryl/α,β-unsaturated/α-hetero) is 1. The molecular weight excluding hydrogens is 340 g/mol. The van der Waals surface area contributed by atoms with Crippen LogP contribution in [0.3, 0.4) is 0 Å². The van der Waals surface area contributed by atoms with Crippen molar-refractivity contribution in [3.63, 3.8) is 0 Å². The van der Waals surface area contributed by atoms with E-state index in [1.807, 2.05) is 0 Å². The van der Waals surface area contributed by atoms with E-state index in [-0.39, 0.29) is 16.3 Å². The average Bonchev–Trinajstić information content (AvgIpc) is 2.73. The Morgan fingerprint density at radius 1 is 1.18 bits per heavy atom. The third kappa shape index (κ3) is 2.72. The number of hydrogen-bond donors (Lipinski definition) is 1. The van der Waals surface area contributed by atoms with Crippen LogP contribution in [0.15, 0.2) is 12.1 Å². The summed E-state index contributed by atoms with van der Waals surface area (Å²) < 4.78 is 81.2. The number of carbonyl (C=O) groups is 1. The molecule has 0 unspecified atom stereocenters. The Bertz CT molecular complexity index is 747. The van der Waals surface area contributed by atoms with Crippen LogP contribution >= 0.6 is 11.6 Å². The van der Waals surface area contributed by atoms with Crippen LogP contribution in [0.1, 0.15) is 16.1 Å². The van der Waals surface area contributed by atoms with Crippen LogP contribution < -0.4 is 4.74 Å². The fourth-order valence-electron chi connectivity index (χ4n) is 1.94. The van der Waals surface area contributed by atoms with Gasteiger partial charge in [0, 0.05) is 10.9 Å². The molecule has 0 saturated heterocycles. The predicted octanol–water partition coefficient (Wildman–Crippen LogP) is 4.59. The number of halogens is 7. The van der Waals surface area contributed by atoms with Gasteiger partial charge in [-0.1, -0.05) is 11.6 Å². The van der Waals surface area contributed by atoms with Crippen molar-refractivity contribution in [2.75, 3.05) is 7.11 Å². The highest BCUT2D eigenvalue weighted by Gasteiger charge is 2.47. The summed E-state index contributed by atoms with van der Waals surface area (Å²) in [7, 11) is 1.13. The van der Waals surface area contributed by atoms with Crippen molar-refractivity contribution >= 4 is 28.3 Å². The molecule has 0 saturated carbocycles. The van der Waals surface area contributed by atoms with Gasteiger partial charge in [-0.2, -0.15) is 26.3 Å². The fourth-order valence-corrected chi connectivity index (χ4v) is 2.18. The summed E-state index contributed by atoms with van der Waals surface area (Å²) in [5.41, 5.74) is -3.65. The molecule has 0 fully saturated rings. The van der Waals surface area contributed by atoms with Gasteiger partial charge in [-0.15, -0.1) is 0 Å². The molecule has 0 bridgehead atoms. The Hall–Kier alpha value is -1.90. The maximum atomic E-state index is 12.9. The van der Waals surface area contributed by atoms with E-state index >= 15 is 0 Å². The summed E-state index contributed by atoms with van der Waals surface area (Å²) in [5.74, 6) is -2.76. The van der Waals surface area contributed by atoms with Gasteiger partial charge in [-0.05, 0) is 12.1 Å². The van der Waals surface area contributed by atoms with Crippen LogP contribution in [0.5, 0.6) is 5.75 Å². The monoisotopic (exact) mass is 345 g/mol. The zero-order chi connectivity index (χ0) is 16.9. The van der Waals surface area contributed by atoms with Gasteiger partial charge in [0.2, 0.25) is 0 Å². The molecule has 10 heteroatoms. The summed E-state index contributed by atoms with van der Waals surface area (Å²) in [4.78, 5) is 13.1. The molecule has 0 aliphatic rings. The number of nitrogens with one attached hydrogen (secondary N) is 1. The zero-order valence-corrected chi connectivity index (χ0v) is 11.4. The van der Waals surface area contributed by atoms with Crippen molar-refractivity contribution in [3.05, 3.63) is 28.4 Å². The van der Waals surface area contributed by atoms with Gasteiger partial charge in [0.1, 0.15) is 11.4 Å². The second-order valence-corrected chi connectivity index (χ2v) is 4.64. The summed E-state index contributed by atoms with van der Waals surface area (Å²) in [6.07, 6.45) is -10.6. The Morgan fingerprint density at radius 2 is 1.77 bits per heavy atom. The Labute approximate surface area is 123 Å². The highest BCUT2D eigenvalue weighted by atomic mass is 35.5. The number of ketones is 1. The largest absolute Gasteiger partial charge is 0.495 e. The normalized spacial score (nSPS) is 12.7. The molecule has 2 aromatic rings. The van der Waals surface area contributed by atoms with Crippen molar-refractivity contribution in [3.8, 4) is 5.75 Å². The van der Waals surface area contributed by atoms with Crippen LogP contribution in [0, 0.1) is 0 Å². The maximum absolute atomic E-state index is 12.9. The molecule has 120 valence electrons. The van der Waals surface area contributed by atoms with E-state index in [1.54, 1.807) is 4.98 Å². The lowest BCUT2D eigenvalue weighted by atomic mass is 10.1. The molecule has 3 nitrogen and oxygen atoms in total. The third-order valence-electron chi connectivity index (χ3n) is 2.84. The Morgan fingerprint density at radius 3 is 2.23 bits per heavy atom. The second kappa shape index (κ2) is 5.08. The van der Waals surface area contributed by atoms with E-state index in [9.17, 15) is 31.1 Å². The average molecular weight is 346 g/mol. The smallest absolute Gasteiger partial charge is 0.454 e. The van der Waals surface area contributed by atoms with Crippen LogP contribution in [0.4, 0.5) is 26.3 Å². The molecule has 1 heterocycles. The number of carbonyl (C=O) groups excluding carboxylic acids is 1. The van der Waals surface area contributed by atoms with Crippen molar-refractivity contribution < 1.29 is 35.9 Å². The van der Waals surface area contributed by atoms with Gasteiger partial charge in [0.25, 0.3) is 5.78 Å². The highest BCUT2D eigenvalue weighted by Crippen LogP contribution is 2.41. The van der Waals surface area contributed by atoms with E-state index in [4.69, 9.17) is 16.3 Å². The topological polar surface area (TPSA) is 42.1 Å². The van der Waals surface area contributed by atoms with Crippen molar-refractivity contribution in [2.45, 2.75) is 12.4 Å². The summed E-state index contributed by atoms with van der Waals surface area (Å²) in [6.45, 7) is 0. The van der Waals surface area contributed by atoms with Crippen LogP contribution in [-0.4, -0.2) is 24.1 Å². The summed E-state index contributed by atoms with van der Waals surface area (Å²) in [6, 6.07) is 1.81. The van der Waals surface area contributed by atoms with Gasteiger partial charge >= 0.3 is 12.4 Å². The predicted molar refractivity (Wildman–Crippen MR) is 65.2 cm³/mol. The lowest BCUT2D eigenvalue weighted by molar-refractivity contribution is -0.141. The number of ether oxygens (including phenoxy) is 1. The quantitative estimate of drug-likeness (QED) is 0.639. The molecule has 0 radical (unpaired) electrons. The van der Waals surface area contributed by atoms with E-state index in [0.717, 1.165) is 19.2 Å². The molecule has 0 amide bonds. The van der Waals surface area contributed by atoms with Gasteiger partial charge in [0.15, 0.2) is 0 Å². The number of aromatic nitrogens is 1. The van der Waals surface area contributed by atoms with E-state index in [1.165, 1.54) is 0 Å². The molecule has 1 N–H and O–H groups in total. The summed E-state index contributed by atoms with van der Waals surface area (Å²) in [5, 5.41) is -0.688. The van der Waals surface area contributed by atoms with E-state index < -0.39 is 34.8 Å². The van der Waals surface area contributed by atoms with E-state index in [2.05, 4.69) is 0 Å². The van der Waals surface area contributed by atoms with Crippen molar-refractivity contribution in [1.82, 2.24) is 4.98 Å². The molecule has 22 heavy (non-hydrogen) atoms. The minimum absolute atomic E-state index is 0.115. The number of hydrogen-bond acceptors (Lipinski definition) is 2. The number of alkyl halides is 6. The minimum Gasteiger partial charge on any atom is -0.495 e. The lowest BCUT2D eigenvalue weighted by Gasteiger charge is -2.09. The van der Waals surface area contributed by atoms with Crippen LogP contribution in [-0.2, 0) is 6.18 Å². The number of rotatable bonds is 2. The Kier molecular flexibility index (Phi) is 3.80. The second-order valence-electron chi connectivity index (χ2n) is 4.23. The van der Waals surface area contributed by atoms with Gasteiger partial charge in [-0.3, -0.25) is 4.79 Å². The maximum Gasteiger partial charge on any atom is 0.454 e. The number of aromatic amines is 1. The van der Waals surface area contributed by atoms with E-state index in [0.29, 0.717) is 0 Å². The standard InChI is InChI=1S/C12H6ClF6NO2/c1-22-7-2-4-6(3-5(7)13)20-9(11(14,15)16)8(4)10(21)12(17,18)19/h2-3,20H,1H3. The van der Waals surface area contributed by atoms with Crippen molar-refractivity contribution in [1.29, 1.82) is 0 Å². The number of benzene rings is 1. The SMILES string of the molecule is COc1cc2c(C(=O)C(F)(F)F)c(C(F)(F)F)[nH]c2cc1Cl. The van der Waals surface area contributed by atoms with Crippen LogP contribution in [0.25, 0.3) is 10.9 Å². The zero-order valence-electron chi connectivity index (χ0n) is 10.6. The molecule has 0 atom stereocenters. The molecule has 0 aliphatic heterocycles. The number of H-pyrrole nitrogens is 1. The molecule has 0 aliphatic carbocycles. The molecule has 2 rings (SSSR count).